The van der Waals surface area contributed by atoms with Crippen LogP contribution in [-0.4, -0.2) is 21.2 Å². The summed E-state index contributed by atoms with van der Waals surface area (Å²) in [5.74, 6) is 0.495. The van der Waals surface area contributed by atoms with Crippen molar-refractivity contribution < 1.29 is 14.4 Å². The minimum atomic E-state index is -0.793. The summed E-state index contributed by atoms with van der Waals surface area (Å²) in [7, 11) is 0. The third-order valence-electron chi connectivity index (χ3n) is 2.31. The number of hydrogen-bond acceptors (Lipinski definition) is 4. The normalized spacial score (nSPS) is 12.6. The average molecular weight is 226 g/mol. The second kappa shape index (κ2) is 6.25. The first-order valence-corrected chi connectivity index (χ1v) is 5.65. The molecular formula is C11H18N2O3. The number of nitrogens with zero attached hydrogens (tertiary/aromatic N) is 2. The van der Waals surface area contributed by atoms with Gasteiger partial charge in [0.05, 0.1) is 0 Å². The first-order valence-electron chi connectivity index (χ1n) is 5.65. The van der Waals surface area contributed by atoms with E-state index in [2.05, 4.69) is 17.1 Å². The fraction of sp³-hybridized carbons (Fsp3) is 0.727. The molecule has 0 amide bonds. The fourth-order valence-electron chi connectivity index (χ4n) is 1.48. The standard InChI is InChI=1S/C11H18N2O3/c1-3-4-5-9-12-10(16-13-9)6-8(2)7-11(14)15/h8H,3-7H2,1-2H3,(H,14,15). The molecule has 0 aliphatic heterocycles. The predicted octanol–water partition coefficient (Wildman–Crippen LogP) is 2.07. The predicted molar refractivity (Wildman–Crippen MR) is 58.0 cm³/mol. The first-order chi connectivity index (χ1) is 7.61. The number of rotatable bonds is 7. The number of aromatic nitrogens is 2. The Morgan fingerprint density at radius 1 is 1.56 bits per heavy atom. The fourth-order valence-corrected chi connectivity index (χ4v) is 1.48. The maximum atomic E-state index is 10.5. The largest absolute Gasteiger partial charge is 0.481 e. The van der Waals surface area contributed by atoms with Gasteiger partial charge in [0.25, 0.3) is 0 Å². The zero-order valence-electron chi connectivity index (χ0n) is 9.77. The van der Waals surface area contributed by atoms with Gasteiger partial charge in [0.15, 0.2) is 5.82 Å². The number of aryl methyl sites for hydroxylation is 1. The van der Waals surface area contributed by atoms with E-state index >= 15 is 0 Å². The molecule has 0 aliphatic rings. The van der Waals surface area contributed by atoms with Gasteiger partial charge in [-0.3, -0.25) is 4.79 Å². The van der Waals surface area contributed by atoms with Crippen LogP contribution in [0.2, 0.25) is 0 Å². The Balaban J connectivity index is 2.42. The van der Waals surface area contributed by atoms with Crippen molar-refractivity contribution in [3.05, 3.63) is 11.7 Å². The lowest BCUT2D eigenvalue weighted by atomic mass is 10.0. The van der Waals surface area contributed by atoms with Crippen molar-refractivity contribution in [3.63, 3.8) is 0 Å². The topological polar surface area (TPSA) is 76.2 Å². The molecule has 1 rings (SSSR count). The van der Waals surface area contributed by atoms with Crippen molar-refractivity contribution in [1.82, 2.24) is 10.1 Å². The summed E-state index contributed by atoms with van der Waals surface area (Å²) >= 11 is 0. The molecular weight excluding hydrogens is 208 g/mol. The van der Waals surface area contributed by atoms with E-state index in [1.807, 2.05) is 6.92 Å². The number of carboxylic acids is 1. The average Bonchev–Trinajstić information content (AvgIpc) is 2.61. The Bertz CT molecular complexity index is 336. The highest BCUT2D eigenvalue weighted by Crippen LogP contribution is 2.11. The first kappa shape index (κ1) is 12.7. The number of unbranched alkanes of at least 4 members (excludes halogenated alkanes) is 1. The second-order valence-electron chi connectivity index (χ2n) is 4.12. The number of aliphatic carboxylic acids is 1. The number of carboxylic acid groups (broad SMARTS) is 1. The molecule has 1 aromatic heterocycles. The summed E-state index contributed by atoms with van der Waals surface area (Å²) in [5.41, 5.74) is 0. The van der Waals surface area contributed by atoms with Gasteiger partial charge < -0.3 is 9.63 Å². The maximum Gasteiger partial charge on any atom is 0.303 e. The van der Waals surface area contributed by atoms with E-state index in [-0.39, 0.29) is 12.3 Å². The zero-order valence-corrected chi connectivity index (χ0v) is 9.77. The van der Waals surface area contributed by atoms with Gasteiger partial charge >= 0.3 is 5.97 Å². The third kappa shape index (κ3) is 4.42. The van der Waals surface area contributed by atoms with Crippen molar-refractivity contribution in [2.45, 2.75) is 46.0 Å². The molecule has 5 heteroatoms. The van der Waals surface area contributed by atoms with E-state index in [4.69, 9.17) is 9.63 Å². The lowest BCUT2D eigenvalue weighted by molar-refractivity contribution is -0.137. The molecule has 1 heterocycles. The Kier molecular flexibility index (Phi) is 4.95. The van der Waals surface area contributed by atoms with Crippen molar-refractivity contribution >= 4 is 5.97 Å². The van der Waals surface area contributed by atoms with Crippen LogP contribution in [0.25, 0.3) is 0 Å². The van der Waals surface area contributed by atoms with Crippen LogP contribution in [-0.2, 0) is 17.6 Å². The monoisotopic (exact) mass is 226 g/mol. The minimum absolute atomic E-state index is 0.0250. The molecule has 0 bridgehead atoms. The Morgan fingerprint density at radius 3 is 2.94 bits per heavy atom. The lowest BCUT2D eigenvalue weighted by Crippen LogP contribution is -2.07. The summed E-state index contributed by atoms with van der Waals surface area (Å²) in [6.45, 7) is 3.97. The SMILES string of the molecule is CCCCc1noc(CC(C)CC(=O)O)n1. The second-order valence-corrected chi connectivity index (χ2v) is 4.12. The Labute approximate surface area is 94.9 Å². The quantitative estimate of drug-likeness (QED) is 0.770. The molecule has 1 aromatic rings. The van der Waals surface area contributed by atoms with Gasteiger partial charge in [0.2, 0.25) is 5.89 Å². The molecule has 1 unspecified atom stereocenters. The molecule has 0 aliphatic carbocycles. The molecule has 90 valence electrons. The molecule has 0 aromatic carbocycles. The van der Waals surface area contributed by atoms with E-state index in [1.165, 1.54) is 0 Å². The molecule has 16 heavy (non-hydrogen) atoms. The van der Waals surface area contributed by atoms with Crippen LogP contribution in [0.5, 0.6) is 0 Å². The molecule has 0 saturated carbocycles. The van der Waals surface area contributed by atoms with Crippen LogP contribution >= 0.6 is 0 Å². The molecule has 0 saturated heterocycles. The van der Waals surface area contributed by atoms with E-state index in [1.54, 1.807) is 0 Å². The zero-order chi connectivity index (χ0) is 12.0. The van der Waals surface area contributed by atoms with Crippen LogP contribution in [0.1, 0.15) is 44.8 Å². The highest BCUT2D eigenvalue weighted by atomic mass is 16.5. The third-order valence-corrected chi connectivity index (χ3v) is 2.31. The summed E-state index contributed by atoms with van der Waals surface area (Å²) in [5, 5.41) is 12.5. The Hall–Kier alpha value is -1.39. The van der Waals surface area contributed by atoms with E-state index < -0.39 is 5.97 Å². The molecule has 0 radical (unpaired) electrons. The number of carbonyl (C=O) groups is 1. The van der Waals surface area contributed by atoms with Crippen LogP contribution in [0, 0.1) is 5.92 Å². The molecule has 0 spiro atoms. The van der Waals surface area contributed by atoms with Gasteiger partial charge in [-0.25, -0.2) is 0 Å². The van der Waals surface area contributed by atoms with Crippen LogP contribution in [0.4, 0.5) is 0 Å². The van der Waals surface area contributed by atoms with Crippen molar-refractivity contribution in [3.8, 4) is 0 Å². The number of hydrogen-bond donors (Lipinski definition) is 1. The van der Waals surface area contributed by atoms with E-state index in [9.17, 15) is 4.79 Å². The van der Waals surface area contributed by atoms with Crippen LogP contribution in [0.15, 0.2) is 4.52 Å². The van der Waals surface area contributed by atoms with E-state index in [0.717, 1.165) is 25.1 Å². The summed E-state index contributed by atoms with van der Waals surface area (Å²) in [6.07, 6.45) is 3.63. The van der Waals surface area contributed by atoms with Crippen molar-refractivity contribution in [1.29, 1.82) is 0 Å². The Morgan fingerprint density at radius 2 is 2.31 bits per heavy atom. The van der Waals surface area contributed by atoms with Crippen molar-refractivity contribution in [2.24, 2.45) is 5.92 Å². The van der Waals surface area contributed by atoms with Gasteiger partial charge in [-0.15, -0.1) is 0 Å². The van der Waals surface area contributed by atoms with E-state index in [0.29, 0.717) is 12.3 Å². The molecule has 5 nitrogen and oxygen atoms in total. The minimum Gasteiger partial charge on any atom is -0.481 e. The van der Waals surface area contributed by atoms with Gasteiger partial charge in [0, 0.05) is 19.3 Å². The summed E-state index contributed by atoms with van der Waals surface area (Å²) in [4.78, 5) is 14.7. The maximum absolute atomic E-state index is 10.5. The molecule has 1 atom stereocenters. The lowest BCUT2D eigenvalue weighted by Gasteiger charge is -2.03. The van der Waals surface area contributed by atoms with Crippen LogP contribution < -0.4 is 0 Å². The van der Waals surface area contributed by atoms with Gasteiger partial charge in [-0.2, -0.15) is 4.98 Å². The highest BCUT2D eigenvalue weighted by Gasteiger charge is 2.13. The summed E-state index contributed by atoms with van der Waals surface area (Å²) < 4.78 is 5.06. The van der Waals surface area contributed by atoms with Crippen molar-refractivity contribution in [2.75, 3.05) is 0 Å². The smallest absolute Gasteiger partial charge is 0.303 e. The van der Waals surface area contributed by atoms with Crippen LogP contribution in [0.3, 0.4) is 0 Å². The summed E-state index contributed by atoms with van der Waals surface area (Å²) in [6, 6.07) is 0. The van der Waals surface area contributed by atoms with Gasteiger partial charge in [-0.05, 0) is 12.3 Å². The molecule has 1 N–H and O–H groups in total. The van der Waals surface area contributed by atoms with Gasteiger partial charge in [0.1, 0.15) is 0 Å². The highest BCUT2D eigenvalue weighted by molar-refractivity contribution is 5.66. The van der Waals surface area contributed by atoms with Gasteiger partial charge in [-0.1, -0.05) is 25.4 Å². The molecule has 0 fully saturated rings.